The number of benzene rings is 1. The zero-order chi connectivity index (χ0) is 17.1. The van der Waals surface area contributed by atoms with Gasteiger partial charge in [0.1, 0.15) is 5.76 Å². The van der Waals surface area contributed by atoms with Crippen molar-refractivity contribution in [3.63, 3.8) is 0 Å². The van der Waals surface area contributed by atoms with E-state index in [0.717, 1.165) is 63.6 Å². The highest BCUT2D eigenvalue weighted by Crippen LogP contribution is 2.30. The van der Waals surface area contributed by atoms with Crippen LogP contribution in [0.3, 0.4) is 0 Å². The van der Waals surface area contributed by atoms with E-state index in [1.165, 1.54) is 5.56 Å². The Balaban J connectivity index is 1.23. The molecule has 0 spiro atoms. The molecule has 2 fully saturated rings. The molecule has 0 unspecified atom stereocenters. The Labute approximate surface area is 148 Å². The topological polar surface area (TPSA) is 48.7 Å². The van der Waals surface area contributed by atoms with Gasteiger partial charge in [-0.05, 0) is 42.7 Å². The van der Waals surface area contributed by atoms with E-state index in [1.807, 2.05) is 24.3 Å². The van der Waals surface area contributed by atoms with Crippen LogP contribution in [0.2, 0.25) is 0 Å². The fourth-order valence-corrected chi connectivity index (χ4v) is 3.27. The molecule has 1 N–H and O–H groups in total. The Hall–Kier alpha value is -2.11. The number of anilines is 1. The Morgan fingerprint density at radius 2 is 1.68 bits per heavy atom. The summed E-state index contributed by atoms with van der Waals surface area (Å²) in [6.07, 6.45) is 3.81. The molecule has 1 aliphatic carbocycles. The number of carbonyl (C=O) groups excluding carboxylic acids is 1. The lowest BCUT2D eigenvalue weighted by atomic mass is 10.1. The predicted molar refractivity (Wildman–Crippen MR) is 97.1 cm³/mol. The van der Waals surface area contributed by atoms with Gasteiger partial charge in [0.15, 0.2) is 0 Å². The minimum Gasteiger partial charge on any atom is -0.468 e. The van der Waals surface area contributed by atoms with Crippen LogP contribution >= 0.6 is 0 Å². The quantitative estimate of drug-likeness (QED) is 0.879. The lowest BCUT2D eigenvalue weighted by Crippen LogP contribution is -2.45. The van der Waals surface area contributed by atoms with Crippen LogP contribution < -0.4 is 5.32 Å². The molecule has 1 aliphatic heterocycles. The van der Waals surface area contributed by atoms with Gasteiger partial charge in [0, 0.05) is 44.3 Å². The molecule has 0 atom stereocenters. The van der Waals surface area contributed by atoms with Gasteiger partial charge in [-0.15, -0.1) is 0 Å². The summed E-state index contributed by atoms with van der Waals surface area (Å²) in [7, 11) is 0. The van der Waals surface area contributed by atoms with Gasteiger partial charge in [0.2, 0.25) is 5.91 Å². The lowest BCUT2D eigenvalue weighted by Gasteiger charge is -2.34. The van der Waals surface area contributed by atoms with Crippen LogP contribution in [0.1, 0.15) is 24.2 Å². The first-order valence-electron chi connectivity index (χ1n) is 9.13. The summed E-state index contributed by atoms with van der Waals surface area (Å²) in [6, 6.07) is 12.3. The number of carbonyl (C=O) groups is 1. The van der Waals surface area contributed by atoms with Crippen LogP contribution in [0.4, 0.5) is 5.69 Å². The minimum absolute atomic E-state index is 0.167. The van der Waals surface area contributed by atoms with E-state index in [0.29, 0.717) is 0 Å². The summed E-state index contributed by atoms with van der Waals surface area (Å²) in [4.78, 5) is 16.7. The molecule has 2 aromatic rings. The maximum absolute atomic E-state index is 11.8. The van der Waals surface area contributed by atoms with E-state index in [9.17, 15) is 4.79 Å². The van der Waals surface area contributed by atoms with E-state index in [2.05, 4.69) is 27.2 Å². The first-order chi connectivity index (χ1) is 12.3. The van der Waals surface area contributed by atoms with Crippen LogP contribution in [0.25, 0.3) is 0 Å². The Bertz CT molecular complexity index is 684. The zero-order valence-electron chi connectivity index (χ0n) is 14.5. The molecule has 1 saturated carbocycles. The smallest absolute Gasteiger partial charge is 0.227 e. The van der Waals surface area contributed by atoms with Gasteiger partial charge in [-0.3, -0.25) is 14.6 Å². The Morgan fingerprint density at radius 1 is 1.00 bits per heavy atom. The minimum atomic E-state index is 0.167. The molecular weight excluding hydrogens is 314 g/mol. The summed E-state index contributed by atoms with van der Waals surface area (Å²) in [5, 5.41) is 2.99. The average Bonchev–Trinajstić information content (AvgIpc) is 3.37. The molecule has 0 radical (unpaired) electrons. The van der Waals surface area contributed by atoms with Crippen molar-refractivity contribution in [1.29, 1.82) is 0 Å². The Kier molecular flexibility index (Phi) is 4.85. The highest BCUT2D eigenvalue weighted by molar-refractivity contribution is 5.93. The molecule has 1 aromatic carbocycles. The highest BCUT2D eigenvalue weighted by atomic mass is 16.3. The summed E-state index contributed by atoms with van der Waals surface area (Å²) in [5.41, 5.74) is 2.20. The SMILES string of the molecule is O=C(Nc1ccc(CN2CCN(Cc3ccco3)CC2)cc1)C1CC1. The number of nitrogens with zero attached hydrogens (tertiary/aromatic N) is 2. The molecule has 132 valence electrons. The van der Waals surface area contributed by atoms with E-state index >= 15 is 0 Å². The number of nitrogens with one attached hydrogen (secondary N) is 1. The van der Waals surface area contributed by atoms with Crippen LogP contribution in [0.15, 0.2) is 47.1 Å². The van der Waals surface area contributed by atoms with Crippen molar-refractivity contribution in [2.24, 2.45) is 5.92 Å². The highest BCUT2D eigenvalue weighted by Gasteiger charge is 2.29. The van der Waals surface area contributed by atoms with Crippen LogP contribution in [-0.2, 0) is 17.9 Å². The Morgan fingerprint density at radius 3 is 2.28 bits per heavy atom. The second-order valence-corrected chi connectivity index (χ2v) is 7.09. The van der Waals surface area contributed by atoms with E-state index in [4.69, 9.17) is 4.42 Å². The number of piperazine rings is 1. The maximum atomic E-state index is 11.8. The zero-order valence-corrected chi connectivity index (χ0v) is 14.5. The molecule has 25 heavy (non-hydrogen) atoms. The fraction of sp³-hybridized carbons (Fsp3) is 0.450. The van der Waals surface area contributed by atoms with E-state index in [1.54, 1.807) is 6.26 Å². The van der Waals surface area contributed by atoms with Gasteiger partial charge in [0.05, 0.1) is 12.8 Å². The molecule has 1 saturated heterocycles. The predicted octanol–water partition coefficient (Wildman–Crippen LogP) is 2.95. The number of furan rings is 1. The van der Waals surface area contributed by atoms with Gasteiger partial charge in [0.25, 0.3) is 0 Å². The molecule has 2 heterocycles. The molecule has 2 aliphatic rings. The van der Waals surface area contributed by atoms with Crippen molar-refractivity contribution in [1.82, 2.24) is 9.80 Å². The van der Waals surface area contributed by atoms with Crippen molar-refractivity contribution < 1.29 is 9.21 Å². The number of rotatable bonds is 6. The van der Waals surface area contributed by atoms with Crippen LogP contribution in [0, 0.1) is 5.92 Å². The van der Waals surface area contributed by atoms with Crippen molar-refractivity contribution in [2.75, 3.05) is 31.5 Å². The monoisotopic (exact) mass is 339 g/mol. The average molecular weight is 339 g/mol. The second kappa shape index (κ2) is 7.42. The molecule has 1 amide bonds. The van der Waals surface area contributed by atoms with Gasteiger partial charge in [-0.1, -0.05) is 12.1 Å². The van der Waals surface area contributed by atoms with Crippen molar-refractivity contribution in [2.45, 2.75) is 25.9 Å². The van der Waals surface area contributed by atoms with E-state index in [-0.39, 0.29) is 11.8 Å². The normalized spacial score (nSPS) is 19.0. The molecule has 4 rings (SSSR count). The first kappa shape index (κ1) is 16.4. The third-order valence-corrected chi connectivity index (χ3v) is 5.00. The molecule has 1 aromatic heterocycles. The number of hydrogen-bond acceptors (Lipinski definition) is 4. The van der Waals surface area contributed by atoms with Gasteiger partial charge < -0.3 is 9.73 Å². The summed E-state index contributed by atoms with van der Waals surface area (Å²) >= 11 is 0. The molecular formula is C20H25N3O2. The fourth-order valence-electron chi connectivity index (χ4n) is 3.27. The van der Waals surface area contributed by atoms with Crippen molar-refractivity contribution >= 4 is 11.6 Å². The summed E-state index contributed by atoms with van der Waals surface area (Å²) in [5.74, 6) is 1.45. The van der Waals surface area contributed by atoms with E-state index < -0.39 is 0 Å². The molecule has 5 heteroatoms. The van der Waals surface area contributed by atoms with Gasteiger partial charge >= 0.3 is 0 Å². The first-order valence-corrected chi connectivity index (χ1v) is 9.13. The number of hydrogen-bond donors (Lipinski definition) is 1. The summed E-state index contributed by atoms with van der Waals surface area (Å²) in [6.45, 7) is 6.13. The second-order valence-electron chi connectivity index (χ2n) is 7.09. The summed E-state index contributed by atoms with van der Waals surface area (Å²) < 4.78 is 5.43. The standard InChI is InChI=1S/C20H25N3O2/c24-20(17-5-6-17)21-18-7-3-16(4-8-18)14-22-9-11-23(12-10-22)15-19-2-1-13-25-19/h1-4,7-8,13,17H,5-6,9-12,14-15H2,(H,21,24). The van der Waals surface area contributed by atoms with Crippen LogP contribution in [0.5, 0.6) is 0 Å². The largest absolute Gasteiger partial charge is 0.468 e. The maximum Gasteiger partial charge on any atom is 0.227 e. The molecule has 0 bridgehead atoms. The van der Waals surface area contributed by atoms with Crippen molar-refractivity contribution in [3.05, 3.63) is 54.0 Å². The van der Waals surface area contributed by atoms with Gasteiger partial charge in [-0.25, -0.2) is 0 Å². The third kappa shape index (κ3) is 4.50. The van der Waals surface area contributed by atoms with Crippen LogP contribution in [-0.4, -0.2) is 41.9 Å². The third-order valence-electron chi connectivity index (χ3n) is 5.00. The van der Waals surface area contributed by atoms with Crippen molar-refractivity contribution in [3.8, 4) is 0 Å². The molecule has 5 nitrogen and oxygen atoms in total. The van der Waals surface area contributed by atoms with Gasteiger partial charge in [-0.2, -0.15) is 0 Å². The number of amides is 1. The lowest BCUT2D eigenvalue weighted by molar-refractivity contribution is -0.117.